The van der Waals surface area contributed by atoms with Gasteiger partial charge in [-0.3, -0.25) is 14.6 Å². The highest BCUT2D eigenvalue weighted by atomic mass is 16.5. The van der Waals surface area contributed by atoms with Crippen LogP contribution in [-0.2, 0) is 11.3 Å². The Morgan fingerprint density at radius 1 is 1.53 bits per heavy atom. The van der Waals surface area contributed by atoms with Gasteiger partial charge in [0.2, 0.25) is 5.69 Å². The smallest absolute Gasteiger partial charge is 0.358 e. The number of hydrogen-bond acceptors (Lipinski definition) is 5. The van der Waals surface area contributed by atoms with Gasteiger partial charge in [0.05, 0.1) is 6.61 Å². The molecule has 0 bridgehead atoms. The van der Waals surface area contributed by atoms with E-state index in [0.29, 0.717) is 6.54 Å². The van der Waals surface area contributed by atoms with Crippen LogP contribution in [0.4, 0.5) is 5.69 Å². The molecule has 7 heteroatoms. The van der Waals surface area contributed by atoms with Crippen molar-refractivity contribution in [1.29, 1.82) is 0 Å². The number of nitroso groups, excluding NO2 is 1. The van der Waals surface area contributed by atoms with Crippen LogP contribution in [0.3, 0.4) is 0 Å². The Morgan fingerprint density at radius 3 is 2.67 bits per heavy atom. The maximum Gasteiger partial charge on any atom is 0.358 e. The Hall–Kier alpha value is -1.92. The second kappa shape index (κ2) is 4.54. The van der Waals surface area contributed by atoms with Gasteiger partial charge in [0.1, 0.15) is 0 Å². The lowest BCUT2D eigenvalue weighted by Crippen LogP contribution is -2.14. The van der Waals surface area contributed by atoms with Gasteiger partial charge in [-0.05, 0) is 19.0 Å². The minimum atomic E-state index is -0.753. The maximum atomic E-state index is 11.4. The molecule has 0 aliphatic carbocycles. The topological polar surface area (TPSA) is 93.5 Å². The first-order valence-electron chi connectivity index (χ1n) is 4.48. The fraction of sp³-hybridized carbons (Fsp3) is 0.500. The second-order valence-electron chi connectivity index (χ2n) is 2.70. The van der Waals surface area contributed by atoms with Gasteiger partial charge in [-0.1, -0.05) is 0 Å². The molecule has 1 aromatic heterocycles. The number of esters is 1. The number of aromatic nitrogens is 2. The molecule has 0 radical (unpaired) electrons. The van der Waals surface area contributed by atoms with Crippen molar-refractivity contribution >= 4 is 11.7 Å². The standard InChI is InChI=1S/C8H11N3O4/c1-3-11-7(12)5(10-14)6(9-11)8(13)15-4-2/h9H,3-4H2,1-2H3. The van der Waals surface area contributed by atoms with Crippen LogP contribution < -0.4 is 5.56 Å². The largest absolute Gasteiger partial charge is 0.461 e. The highest BCUT2D eigenvalue weighted by molar-refractivity contribution is 5.92. The first-order valence-corrected chi connectivity index (χ1v) is 4.48. The molecule has 0 amide bonds. The van der Waals surface area contributed by atoms with Crippen LogP contribution in [0.5, 0.6) is 0 Å². The molecule has 1 aromatic rings. The van der Waals surface area contributed by atoms with Gasteiger partial charge in [0, 0.05) is 6.54 Å². The summed E-state index contributed by atoms with van der Waals surface area (Å²) in [6.07, 6.45) is 0. The molecule has 1 heterocycles. The fourth-order valence-electron chi connectivity index (χ4n) is 1.13. The van der Waals surface area contributed by atoms with Crippen LogP contribution in [0.25, 0.3) is 0 Å². The summed E-state index contributed by atoms with van der Waals surface area (Å²) in [5, 5.41) is 5.00. The van der Waals surface area contributed by atoms with Crippen LogP contribution in [0.2, 0.25) is 0 Å². The van der Waals surface area contributed by atoms with Crippen LogP contribution >= 0.6 is 0 Å². The average Bonchev–Trinajstić information content (AvgIpc) is 2.55. The predicted molar refractivity (Wildman–Crippen MR) is 52.1 cm³/mol. The first-order chi connectivity index (χ1) is 7.15. The summed E-state index contributed by atoms with van der Waals surface area (Å²) in [5.41, 5.74) is -1.25. The summed E-state index contributed by atoms with van der Waals surface area (Å²) in [6.45, 7) is 3.81. The van der Waals surface area contributed by atoms with Gasteiger partial charge in [0.15, 0.2) is 5.69 Å². The van der Waals surface area contributed by atoms with Crippen molar-refractivity contribution in [3.63, 3.8) is 0 Å². The van der Waals surface area contributed by atoms with E-state index in [9.17, 15) is 14.5 Å². The number of H-pyrrole nitrogens is 1. The summed E-state index contributed by atoms with van der Waals surface area (Å²) in [7, 11) is 0. The van der Waals surface area contributed by atoms with Crippen molar-refractivity contribution < 1.29 is 9.53 Å². The van der Waals surface area contributed by atoms with Crippen molar-refractivity contribution in [1.82, 2.24) is 9.78 Å². The molecule has 0 saturated carbocycles. The van der Waals surface area contributed by atoms with Crippen LogP contribution in [-0.4, -0.2) is 22.4 Å². The zero-order valence-corrected chi connectivity index (χ0v) is 8.44. The molecule has 15 heavy (non-hydrogen) atoms. The zero-order valence-electron chi connectivity index (χ0n) is 8.44. The number of rotatable bonds is 4. The Bertz CT molecular complexity index is 432. The highest BCUT2D eigenvalue weighted by Crippen LogP contribution is 2.12. The Labute approximate surface area is 85.0 Å². The quantitative estimate of drug-likeness (QED) is 0.590. The third-order valence-corrected chi connectivity index (χ3v) is 1.82. The van der Waals surface area contributed by atoms with E-state index >= 15 is 0 Å². The SMILES string of the molecule is CCOC(=O)c1[nH]n(CC)c(=O)c1N=O. The molecule has 0 saturated heterocycles. The second-order valence-corrected chi connectivity index (χ2v) is 2.70. The summed E-state index contributed by atoms with van der Waals surface area (Å²) in [5.74, 6) is -0.753. The molecule has 0 fully saturated rings. The fourth-order valence-corrected chi connectivity index (χ4v) is 1.13. The van der Waals surface area contributed by atoms with Crippen molar-refractivity contribution in [2.45, 2.75) is 20.4 Å². The van der Waals surface area contributed by atoms with Crippen molar-refractivity contribution in [3.05, 3.63) is 21.0 Å². The minimum Gasteiger partial charge on any atom is -0.461 e. The average molecular weight is 213 g/mol. The lowest BCUT2D eigenvalue weighted by molar-refractivity contribution is 0.0519. The van der Waals surface area contributed by atoms with Gasteiger partial charge >= 0.3 is 5.97 Å². The minimum absolute atomic E-state index is 0.163. The Morgan fingerprint density at radius 2 is 2.20 bits per heavy atom. The van der Waals surface area contributed by atoms with E-state index in [1.54, 1.807) is 13.8 Å². The number of aryl methyl sites for hydroxylation is 1. The van der Waals surface area contributed by atoms with E-state index < -0.39 is 17.2 Å². The van der Waals surface area contributed by atoms with E-state index in [0.717, 1.165) is 4.68 Å². The molecule has 1 rings (SSSR count). The molecule has 82 valence electrons. The lowest BCUT2D eigenvalue weighted by atomic mass is 10.4. The van der Waals surface area contributed by atoms with E-state index in [1.165, 1.54) is 0 Å². The number of nitrogens with zero attached hydrogens (tertiary/aromatic N) is 2. The van der Waals surface area contributed by atoms with Crippen molar-refractivity contribution in [2.24, 2.45) is 5.18 Å². The first kappa shape index (κ1) is 11.2. The third-order valence-electron chi connectivity index (χ3n) is 1.82. The predicted octanol–water partition coefficient (Wildman–Crippen LogP) is 0.771. The third kappa shape index (κ3) is 1.95. The molecule has 0 spiro atoms. The Balaban J connectivity index is 3.23. The Kier molecular flexibility index (Phi) is 3.37. The molecule has 0 unspecified atom stereocenters. The summed E-state index contributed by atoms with van der Waals surface area (Å²) >= 11 is 0. The molecule has 0 aliphatic rings. The molecular weight excluding hydrogens is 202 g/mol. The molecule has 0 aromatic carbocycles. The monoisotopic (exact) mass is 213 g/mol. The van der Waals surface area contributed by atoms with E-state index in [4.69, 9.17) is 0 Å². The summed E-state index contributed by atoms with van der Waals surface area (Å²) < 4.78 is 5.78. The lowest BCUT2D eigenvalue weighted by Gasteiger charge is -1.98. The summed E-state index contributed by atoms with van der Waals surface area (Å²) in [4.78, 5) is 33.1. The number of nitrogens with one attached hydrogen (secondary N) is 1. The number of carbonyl (C=O) groups is 1. The van der Waals surface area contributed by atoms with Crippen LogP contribution in [0.15, 0.2) is 9.97 Å². The van der Waals surface area contributed by atoms with Crippen molar-refractivity contribution in [3.8, 4) is 0 Å². The summed E-state index contributed by atoms with van der Waals surface area (Å²) in [6, 6.07) is 0. The highest BCUT2D eigenvalue weighted by Gasteiger charge is 2.21. The molecule has 1 N–H and O–H groups in total. The van der Waals surface area contributed by atoms with E-state index in [2.05, 4.69) is 15.0 Å². The maximum absolute atomic E-state index is 11.4. The van der Waals surface area contributed by atoms with Crippen LogP contribution in [0, 0.1) is 4.91 Å². The molecule has 7 nitrogen and oxygen atoms in total. The number of hydrogen-bond donors (Lipinski definition) is 1. The number of carbonyl (C=O) groups excluding carboxylic acids is 1. The van der Waals surface area contributed by atoms with Gasteiger partial charge in [-0.15, -0.1) is 4.91 Å². The van der Waals surface area contributed by atoms with Gasteiger partial charge in [-0.25, -0.2) is 4.79 Å². The van der Waals surface area contributed by atoms with E-state index in [-0.39, 0.29) is 12.3 Å². The van der Waals surface area contributed by atoms with Gasteiger partial charge < -0.3 is 4.74 Å². The zero-order chi connectivity index (χ0) is 11.4. The number of ether oxygens (including phenoxy) is 1. The van der Waals surface area contributed by atoms with Crippen LogP contribution in [0.1, 0.15) is 24.3 Å². The normalized spacial score (nSPS) is 10.0. The van der Waals surface area contributed by atoms with Gasteiger partial charge in [0.25, 0.3) is 5.56 Å². The van der Waals surface area contributed by atoms with Gasteiger partial charge in [-0.2, -0.15) is 0 Å². The van der Waals surface area contributed by atoms with Crippen molar-refractivity contribution in [2.75, 3.05) is 6.61 Å². The van der Waals surface area contributed by atoms with E-state index in [1.807, 2.05) is 0 Å². The molecule has 0 atom stereocenters. The molecule has 0 aliphatic heterocycles. The molecular formula is C8H11N3O4. The number of aromatic amines is 1.